The molecule has 0 bridgehead atoms. The number of urea groups is 1. The fourth-order valence-electron chi connectivity index (χ4n) is 2.47. The third-order valence-corrected chi connectivity index (χ3v) is 3.65. The van der Waals surface area contributed by atoms with E-state index in [-0.39, 0.29) is 24.0 Å². The Bertz CT molecular complexity index is 537. The summed E-state index contributed by atoms with van der Waals surface area (Å²) in [6.07, 6.45) is 1.63. The number of likely N-dealkylation sites (tertiary alicyclic amines) is 1. The van der Waals surface area contributed by atoms with E-state index in [1.165, 1.54) is 0 Å². The molecule has 0 atom stereocenters. The maximum Gasteiger partial charge on any atom is 0.319 e. The molecule has 1 aliphatic heterocycles. The molecule has 0 radical (unpaired) electrons. The predicted molar refractivity (Wildman–Crippen MR) is 86.8 cm³/mol. The number of hydrogen-bond donors (Lipinski definition) is 3. The fourth-order valence-corrected chi connectivity index (χ4v) is 2.47. The summed E-state index contributed by atoms with van der Waals surface area (Å²) in [7, 11) is 0. The maximum absolute atomic E-state index is 12.6. The molecule has 0 aliphatic carbocycles. The number of nitrogens with zero attached hydrogens (tertiary/aromatic N) is 1. The minimum Gasteiger partial charge on any atom is -0.338 e. The third kappa shape index (κ3) is 4.21. The van der Waals surface area contributed by atoms with Crippen molar-refractivity contribution in [3.8, 4) is 0 Å². The number of benzene rings is 1. The van der Waals surface area contributed by atoms with Gasteiger partial charge < -0.3 is 21.3 Å². The van der Waals surface area contributed by atoms with E-state index in [2.05, 4.69) is 10.6 Å². The highest BCUT2D eigenvalue weighted by Gasteiger charge is 2.23. The van der Waals surface area contributed by atoms with E-state index < -0.39 is 0 Å². The Morgan fingerprint density at radius 1 is 1.23 bits per heavy atom. The third-order valence-electron chi connectivity index (χ3n) is 3.65. The van der Waals surface area contributed by atoms with Crippen LogP contribution in [0, 0.1) is 0 Å². The van der Waals surface area contributed by atoms with Gasteiger partial charge in [0.15, 0.2) is 0 Å². The summed E-state index contributed by atoms with van der Waals surface area (Å²) in [5.74, 6) is -0.0626. The standard InChI is InChI=1S/C16H24N4O2/c1-11(2)18-16(22)19-14-6-4-3-5-13(14)15(21)20-9-7-12(17)8-10-20/h3-6,11-12H,7-10,17H2,1-2H3,(H2,18,19,22). The van der Waals surface area contributed by atoms with Crippen LogP contribution >= 0.6 is 0 Å². The summed E-state index contributed by atoms with van der Waals surface area (Å²) in [6.45, 7) is 5.08. The zero-order chi connectivity index (χ0) is 16.1. The van der Waals surface area contributed by atoms with Gasteiger partial charge in [-0.3, -0.25) is 4.79 Å². The van der Waals surface area contributed by atoms with E-state index in [1.54, 1.807) is 29.2 Å². The molecule has 6 heteroatoms. The molecule has 0 spiro atoms. The van der Waals surface area contributed by atoms with Crippen molar-refractivity contribution in [2.24, 2.45) is 5.73 Å². The molecule has 1 fully saturated rings. The van der Waals surface area contributed by atoms with Gasteiger partial charge in [-0.2, -0.15) is 0 Å². The number of rotatable bonds is 3. The molecule has 1 aliphatic rings. The first-order chi connectivity index (χ1) is 10.5. The lowest BCUT2D eigenvalue weighted by atomic mass is 10.0. The minimum atomic E-state index is -0.309. The van der Waals surface area contributed by atoms with Crippen LogP contribution in [0.25, 0.3) is 0 Å². The lowest BCUT2D eigenvalue weighted by molar-refractivity contribution is 0.0716. The van der Waals surface area contributed by atoms with Crippen molar-refractivity contribution in [3.05, 3.63) is 29.8 Å². The number of anilines is 1. The minimum absolute atomic E-state index is 0.0337. The van der Waals surface area contributed by atoms with E-state index in [0.717, 1.165) is 12.8 Å². The average Bonchev–Trinajstić information content (AvgIpc) is 2.47. The van der Waals surface area contributed by atoms with Crippen molar-refractivity contribution in [1.29, 1.82) is 0 Å². The second-order valence-electron chi connectivity index (χ2n) is 5.93. The lowest BCUT2D eigenvalue weighted by Crippen LogP contribution is -2.43. The molecule has 4 N–H and O–H groups in total. The molecule has 1 aromatic carbocycles. The van der Waals surface area contributed by atoms with Crippen molar-refractivity contribution in [2.45, 2.75) is 38.8 Å². The van der Waals surface area contributed by atoms with Crippen LogP contribution in [-0.2, 0) is 0 Å². The van der Waals surface area contributed by atoms with Gasteiger partial charge in [-0.05, 0) is 38.8 Å². The van der Waals surface area contributed by atoms with E-state index in [0.29, 0.717) is 24.3 Å². The van der Waals surface area contributed by atoms with Gasteiger partial charge in [-0.25, -0.2) is 4.79 Å². The molecule has 1 heterocycles. The fraction of sp³-hybridized carbons (Fsp3) is 0.500. The SMILES string of the molecule is CC(C)NC(=O)Nc1ccccc1C(=O)N1CCC(N)CC1. The topological polar surface area (TPSA) is 87.5 Å². The first kappa shape index (κ1) is 16.3. The molecule has 1 saturated heterocycles. The van der Waals surface area contributed by atoms with Gasteiger partial charge in [0.2, 0.25) is 0 Å². The monoisotopic (exact) mass is 304 g/mol. The highest BCUT2D eigenvalue weighted by Crippen LogP contribution is 2.19. The highest BCUT2D eigenvalue weighted by atomic mass is 16.2. The van der Waals surface area contributed by atoms with Crippen LogP contribution in [0.1, 0.15) is 37.0 Å². The van der Waals surface area contributed by atoms with Crippen LogP contribution in [0.4, 0.5) is 10.5 Å². The maximum atomic E-state index is 12.6. The summed E-state index contributed by atoms with van der Waals surface area (Å²) < 4.78 is 0. The van der Waals surface area contributed by atoms with Gasteiger partial charge in [-0.1, -0.05) is 12.1 Å². The Kier molecular flexibility index (Phi) is 5.38. The molecule has 0 aromatic heterocycles. The van der Waals surface area contributed by atoms with Crippen LogP contribution in [0.15, 0.2) is 24.3 Å². The number of para-hydroxylation sites is 1. The van der Waals surface area contributed by atoms with Crippen LogP contribution in [0.3, 0.4) is 0 Å². The summed E-state index contributed by atoms with van der Waals surface area (Å²) in [5, 5.41) is 5.50. The Morgan fingerprint density at radius 2 is 1.86 bits per heavy atom. The molecule has 120 valence electrons. The molecular weight excluding hydrogens is 280 g/mol. The van der Waals surface area contributed by atoms with Gasteiger partial charge >= 0.3 is 6.03 Å². The first-order valence-corrected chi connectivity index (χ1v) is 7.68. The largest absolute Gasteiger partial charge is 0.338 e. The highest BCUT2D eigenvalue weighted by molar-refractivity contribution is 6.03. The molecule has 0 unspecified atom stereocenters. The molecule has 6 nitrogen and oxygen atoms in total. The number of carbonyl (C=O) groups is 2. The molecule has 0 saturated carbocycles. The molecule has 22 heavy (non-hydrogen) atoms. The van der Waals surface area contributed by atoms with Crippen molar-refractivity contribution < 1.29 is 9.59 Å². The van der Waals surface area contributed by atoms with Gasteiger partial charge in [0.05, 0.1) is 11.3 Å². The van der Waals surface area contributed by atoms with Crippen molar-refractivity contribution >= 4 is 17.6 Å². The molecule has 2 rings (SSSR count). The summed E-state index contributed by atoms with van der Waals surface area (Å²) in [4.78, 5) is 26.3. The Hall–Kier alpha value is -2.08. The van der Waals surface area contributed by atoms with Gasteiger partial charge in [0.25, 0.3) is 5.91 Å². The number of amides is 3. The zero-order valence-corrected chi connectivity index (χ0v) is 13.1. The van der Waals surface area contributed by atoms with Crippen LogP contribution < -0.4 is 16.4 Å². The molecule has 1 aromatic rings. The van der Waals surface area contributed by atoms with Gasteiger partial charge in [0, 0.05) is 25.2 Å². The van der Waals surface area contributed by atoms with Gasteiger partial charge in [0.1, 0.15) is 0 Å². The van der Waals surface area contributed by atoms with E-state index in [9.17, 15) is 9.59 Å². The van der Waals surface area contributed by atoms with Crippen molar-refractivity contribution in [3.63, 3.8) is 0 Å². The average molecular weight is 304 g/mol. The lowest BCUT2D eigenvalue weighted by Gasteiger charge is -2.30. The summed E-state index contributed by atoms with van der Waals surface area (Å²) in [6, 6.07) is 6.98. The van der Waals surface area contributed by atoms with E-state index in [1.807, 2.05) is 13.8 Å². The molecular formula is C16H24N4O2. The van der Waals surface area contributed by atoms with Crippen LogP contribution in [0.2, 0.25) is 0 Å². The Balaban J connectivity index is 2.10. The normalized spacial score (nSPS) is 15.7. The van der Waals surface area contributed by atoms with Crippen molar-refractivity contribution in [2.75, 3.05) is 18.4 Å². The van der Waals surface area contributed by atoms with E-state index in [4.69, 9.17) is 5.73 Å². The molecule has 3 amide bonds. The second-order valence-corrected chi connectivity index (χ2v) is 5.93. The van der Waals surface area contributed by atoms with Crippen LogP contribution in [0.5, 0.6) is 0 Å². The smallest absolute Gasteiger partial charge is 0.319 e. The summed E-state index contributed by atoms with van der Waals surface area (Å²) in [5.41, 5.74) is 6.91. The Morgan fingerprint density at radius 3 is 2.50 bits per heavy atom. The van der Waals surface area contributed by atoms with Crippen molar-refractivity contribution in [1.82, 2.24) is 10.2 Å². The quantitative estimate of drug-likeness (QED) is 0.795. The Labute approximate surface area is 131 Å². The van der Waals surface area contributed by atoms with E-state index >= 15 is 0 Å². The zero-order valence-electron chi connectivity index (χ0n) is 13.1. The number of hydrogen-bond acceptors (Lipinski definition) is 3. The predicted octanol–water partition coefficient (Wildman–Crippen LogP) is 1.78. The number of piperidine rings is 1. The number of carbonyl (C=O) groups excluding carboxylic acids is 2. The number of nitrogens with one attached hydrogen (secondary N) is 2. The van der Waals surface area contributed by atoms with Gasteiger partial charge in [-0.15, -0.1) is 0 Å². The summed E-state index contributed by atoms with van der Waals surface area (Å²) >= 11 is 0. The number of nitrogens with two attached hydrogens (primary N) is 1. The van der Waals surface area contributed by atoms with Crippen LogP contribution in [-0.4, -0.2) is 42.0 Å². The first-order valence-electron chi connectivity index (χ1n) is 7.68. The second kappa shape index (κ2) is 7.26.